The molecule has 1 aromatic heterocycles. The number of pyridine rings is 1. The van der Waals surface area contributed by atoms with E-state index in [-0.39, 0.29) is 6.61 Å². The summed E-state index contributed by atoms with van der Waals surface area (Å²) in [5.41, 5.74) is 6.07. The molecular formula is C13H16BrN3O. The third-order valence-electron chi connectivity index (χ3n) is 2.72. The Morgan fingerprint density at radius 1 is 1.39 bits per heavy atom. The molecule has 1 aromatic carbocycles. The summed E-state index contributed by atoms with van der Waals surface area (Å²) in [6.07, 6.45) is 1.74. The van der Waals surface area contributed by atoms with E-state index < -0.39 is 5.54 Å². The van der Waals surface area contributed by atoms with Gasteiger partial charge in [0.15, 0.2) is 0 Å². The standard InChI is InChI=1S/C13H16BrN3O/c1-13(2,7-18)17-12-10-5-8(15)3-4-9(10)11(14)6-16-12/h3-6,18H,7,15H2,1-2H3,(H,16,17). The van der Waals surface area contributed by atoms with Crippen LogP contribution in [0.25, 0.3) is 10.8 Å². The normalized spacial score (nSPS) is 11.8. The summed E-state index contributed by atoms with van der Waals surface area (Å²) in [5.74, 6) is 0.722. The van der Waals surface area contributed by atoms with Crippen LogP contribution in [-0.2, 0) is 0 Å². The molecule has 0 amide bonds. The van der Waals surface area contributed by atoms with E-state index in [4.69, 9.17) is 5.73 Å². The highest BCUT2D eigenvalue weighted by atomic mass is 79.9. The number of halogens is 1. The van der Waals surface area contributed by atoms with Crippen molar-refractivity contribution in [2.45, 2.75) is 19.4 Å². The number of nitrogen functional groups attached to an aromatic ring is 1. The van der Waals surface area contributed by atoms with Crippen LogP contribution >= 0.6 is 15.9 Å². The summed E-state index contributed by atoms with van der Waals surface area (Å²) in [7, 11) is 0. The molecule has 5 heteroatoms. The molecule has 0 bridgehead atoms. The molecule has 0 saturated heterocycles. The quantitative estimate of drug-likeness (QED) is 0.762. The molecule has 0 aliphatic heterocycles. The van der Waals surface area contributed by atoms with E-state index in [1.807, 2.05) is 32.0 Å². The maximum absolute atomic E-state index is 9.31. The van der Waals surface area contributed by atoms with Gasteiger partial charge in [0, 0.05) is 27.1 Å². The van der Waals surface area contributed by atoms with E-state index in [9.17, 15) is 5.11 Å². The summed E-state index contributed by atoms with van der Waals surface area (Å²) in [5, 5.41) is 14.5. The monoisotopic (exact) mass is 309 g/mol. The number of aliphatic hydroxyl groups excluding tert-OH is 1. The van der Waals surface area contributed by atoms with Crippen LogP contribution in [0.3, 0.4) is 0 Å². The fraction of sp³-hybridized carbons (Fsp3) is 0.308. The molecule has 0 radical (unpaired) electrons. The summed E-state index contributed by atoms with van der Waals surface area (Å²) in [4.78, 5) is 4.36. The van der Waals surface area contributed by atoms with E-state index in [0.717, 1.165) is 21.1 Å². The maximum Gasteiger partial charge on any atom is 0.134 e. The van der Waals surface area contributed by atoms with Gasteiger partial charge in [0.2, 0.25) is 0 Å². The van der Waals surface area contributed by atoms with Gasteiger partial charge in [0.25, 0.3) is 0 Å². The average molecular weight is 310 g/mol. The zero-order valence-corrected chi connectivity index (χ0v) is 12.0. The van der Waals surface area contributed by atoms with Crippen molar-refractivity contribution in [3.63, 3.8) is 0 Å². The van der Waals surface area contributed by atoms with Crippen LogP contribution in [0.5, 0.6) is 0 Å². The number of nitrogens with one attached hydrogen (secondary N) is 1. The second-order valence-corrected chi connectivity index (χ2v) is 5.78. The van der Waals surface area contributed by atoms with Crippen LogP contribution in [0.1, 0.15) is 13.8 Å². The lowest BCUT2D eigenvalue weighted by Crippen LogP contribution is -2.35. The summed E-state index contributed by atoms with van der Waals surface area (Å²) in [6.45, 7) is 3.85. The Balaban J connectivity index is 2.58. The van der Waals surface area contributed by atoms with E-state index in [1.54, 1.807) is 6.20 Å². The Kier molecular flexibility index (Phi) is 3.45. The van der Waals surface area contributed by atoms with Crippen LogP contribution < -0.4 is 11.1 Å². The van der Waals surface area contributed by atoms with Crippen molar-refractivity contribution in [3.8, 4) is 0 Å². The molecule has 0 fully saturated rings. The van der Waals surface area contributed by atoms with Gasteiger partial charge in [-0.3, -0.25) is 0 Å². The van der Waals surface area contributed by atoms with Gasteiger partial charge in [-0.25, -0.2) is 4.98 Å². The third kappa shape index (κ3) is 2.57. The highest BCUT2D eigenvalue weighted by Crippen LogP contribution is 2.30. The molecule has 0 atom stereocenters. The molecule has 96 valence electrons. The maximum atomic E-state index is 9.31. The van der Waals surface area contributed by atoms with E-state index in [0.29, 0.717) is 5.69 Å². The van der Waals surface area contributed by atoms with Gasteiger partial charge in [-0.1, -0.05) is 6.07 Å². The average Bonchev–Trinajstić information content (AvgIpc) is 2.33. The predicted octanol–water partition coefficient (Wildman–Crippen LogP) is 2.76. The molecule has 0 saturated carbocycles. The van der Waals surface area contributed by atoms with Gasteiger partial charge in [-0.15, -0.1) is 0 Å². The first-order valence-electron chi connectivity index (χ1n) is 5.66. The number of aromatic nitrogens is 1. The molecule has 4 nitrogen and oxygen atoms in total. The molecule has 0 aliphatic carbocycles. The second kappa shape index (κ2) is 4.74. The molecule has 0 aliphatic rings. The van der Waals surface area contributed by atoms with Gasteiger partial charge in [-0.2, -0.15) is 0 Å². The van der Waals surface area contributed by atoms with Gasteiger partial charge in [0.1, 0.15) is 5.82 Å². The summed E-state index contributed by atoms with van der Waals surface area (Å²) < 4.78 is 0.921. The molecule has 1 heterocycles. The Labute approximate surface area is 114 Å². The minimum Gasteiger partial charge on any atom is -0.399 e. The lowest BCUT2D eigenvalue weighted by atomic mass is 10.1. The number of benzene rings is 1. The fourth-order valence-corrected chi connectivity index (χ4v) is 2.13. The van der Waals surface area contributed by atoms with Crippen LogP contribution in [0, 0.1) is 0 Å². The molecule has 2 aromatic rings. The number of anilines is 2. The summed E-state index contributed by atoms with van der Waals surface area (Å²) >= 11 is 3.47. The van der Waals surface area contributed by atoms with Crippen molar-refractivity contribution in [1.29, 1.82) is 0 Å². The second-order valence-electron chi connectivity index (χ2n) is 4.93. The number of hydrogen-bond acceptors (Lipinski definition) is 4. The summed E-state index contributed by atoms with van der Waals surface area (Å²) in [6, 6.07) is 5.69. The smallest absolute Gasteiger partial charge is 0.134 e. The van der Waals surface area contributed by atoms with Crippen molar-refractivity contribution in [2.75, 3.05) is 17.7 Å². The molecule has 18 heavy (non-hydrogen) atoms. The first kappa shape index (κ1) is 13.1. The fourth-order valence-electron chi connectivity index (χ4n) is 1.69. The lowest BCUT2D eigenvalue weighted by molar-refractivity contribution is 0.234. The Hall–Kier alpha value is -1.33. The first-order chi connectivity index (χ1) is 8.43. The van der Waals surface area contributed by atoms with Crippen LogP contribution in [-0.4, -0.2) is 22.2 Å². The van der Waals surface area contributed by atoms with Crippen molar-refractivity contribution >= 4 is 38.2 Å². The number of fused-ring (bicyclic) bond motifs is 1. The lowest BCUT2D eigenvalue weighted by Gasteiger charge is -2.25. The van der Waals surface area contributed by atoms with Gasteiger partial charge in [0.05, 0.1) is 12.1 Å². The number of nitrogens with zero attached hydrogens (tertiary/aromatic N) is 1. The zero-order chi connectivity index (χ0) is 13.3. The largest absolute Gasteiger partial charge is 0.399 e. The number of hydrogen-bond donors (Lipinski definition) is 3. The van der Waals surface area contributed by atoms with Crippen molar-refractivity contribution in [3.05, 3.63) is 28.9 Å². The van der Waals surface area contributed by atoms with Crippen LogP contribution in [0.15, 0.2) is 28.9 Å². The Morgan fingerprint density at radius 3 is 2.78 bits per heavy atom. The minimum atomic E-state index is -0.432. The minimum absolute atomic E-state index is 0.0224. The van der Waals surface area contributed by atoms with Crippen LogP contribution in [0.2, 0.25) is 0 Å². The predicted molar refractivity (Wildman–Crippen MR) is 78.6 cm³/mol. The van der Waals surface area contributed by atoms with E-state index in [1.165, 1.54) is 0 Å². The van der Waals surface area contributed by atoms with E-state index in [2.05, 4.69) is 26.2 Å². The molecule has 0 unspecified atom stereocenters. The first-order valence-corrected chi connectivity index (χ1v) is 6.45. The van der Waals surface area contributed by atoms with Gasteiger partial charge in [-0.05, 0) is 41.9 Å². The van der Waals surface area contributed by atoms with Crippen molar-refractivity contribution in [2.24, 2.45) is 0 Å². The van der Waals surface area contributed by atoms with E-state index >= 15 is 0 Å². The number of nitrogens with two attached hydrogens (primary N) is 1. The van der Waals surface area contributed by atoms with Gasteiger partial charge < -0.3 is 16.2 Å². The Morgan fingerprint density at radius 2 is 2.11 bits per heavy atom. The molecule has 0 spiro atoms. The topological polar surface area (TPSA) is 71.2 Å². The third-order valence-corrected chi connectivity index (χ3v) is 3.35. The zero-order valence-electron chi connectivity index (χ0n) is 10.4. The van der Waals surface area contributed by atoms with Crippen molar-refractivity contribution < 1.29 is 5.11 Å². The van der Waals surface area contributed by atoms with Crippen molar-refractivity contribution in [1.82, 2.24) is 4.98 Å². The number of rotatable bonds is 3. The van der Waals surface area contributed by atoms with Crippen LogP contribution in [0.4, 0.5) is 11.5 Å². The van der Waals surface area contributed by atoms with Gasteiger partial charge >= 0.3 is 0 Å². The molecule has 4 N–H and O–H groups in total. The highest BCUT2D eigenvalue weighted by molar-refractivity contribution is 9.10. The highest BCUT2D eigenvalue weighted by Gasteiger charge is 2.18. The SMILES string of the molecule is CC(C)(CO)Nc1ncc(Br)c2ccc(N)cc12. The molecular weight excluding hydrogens is 294 g/mol. The number of aliphatic hydroxyl groups is 1. The Bertz CT molecular complexity index is 584. The molecule has 2 rings (SSSR count).